The number of piperidine rings is 1. The third kappa shape index (κ3) is 6.20. The molecule has 2 aliphatic rings. The third-order valence-electron chi connectivity index (χ3n) is 5.68. The SMILES string of the molecule is CC(C)CS(=O)(=O)N1CCN(c2ccc(OC[C@@H]3CCN(C(=O)O)C[C@H]3O)cn2)CC1. The van der Waals surface area contributed by atoms with Gasteiger partial charge in [0.25, 0.3) is 0 Å². The number of aromatic nitrogens is 1. The number of aliphatic hydroxyl groups is 1. The first-order chi connectivity index (χ1) is 14.7. The Morgan fingerprint density at radius 1 is 1.23 bits per heavy atom. The molecule has 0 aromatic carbocycles. The predicted octanol–water partition coefficient (Wildman–Crippen LogP) is 0.929. The molecule has 3 rings (SSSR count). The lowest BCUT2D eigenvalue weighted by Gasteiger charge is -2.35. The lowest BCUT2D eigenvalue weighted by Crippen LogP contribution is -2.49. The molecule has 0 aliphatic carbocycles. The summed E-state index contributed by atoms with van der Waals surface area (Å²) in [4.78, 5) is 18.7. The lowest BCUT2D eigenvalue weighted by molar-refractivity contribution is 0.00681. The molecule has 10 nitrogen and oxygen atoms in total. The number of hydrogen-bond donors (Lipinski definition) is 2. The van der Waals surface area contributed by atoms with E-state index in [2.05, 4.69) is 9.88 Å². The molecular formula is C20H32N4O6S. The zero-order valence-corrected chi connectivity index (χ0v) is 18.9. The molecule has 3 heterocycles. The van der Waals surface area contributed by atoms with Crippen molar-refractivity contribution in [1.82, 2.24) is 14.2 Å². The van der Waals surface area contributed by atoms with Crippen LogP contribution in [0, 0.1) is 11.8 Å². The molecule has 2 atom stereocenters. The number of aliphatic hydroxyl groups excluding tert-OH is 1. The van der Waals surface area contributed by atoms with Crippen LogP contribution in [0.25, 0.3) is 0 Å². The predicted molar refractivity (Wildman–Crippen MR) is 116 cm³/mol. The van der Waals surface area contributed by atoms with E-state index < -0.39 is 22.2 Å². The molecule has 2 fully saturated rings. The Kier molecular flexibility index (Phi) is 7.60. The first kappa shape index (κ1) is 23.6. The Hall–Kier alpha value is -2.11. The fourth-order valence-electron chi connectivity index (χ4n) is 3.92. The maximum absolute atomic E-state index is 12.4. The highest BCUT2D eigenvalue weighted by molar-refractivity contribution is 7.89. The molecule has 2 N–H and O–H groups in total. The lowest BCUT2D eigenvalue weighted by atomic mass is 9.95. The highest BCUT2D eigenvalue weighted by Gasteiger charge is 2.31. The summed E-state index contributed by atoms with van der Waals surface area (Å²) >= 11 is 0. The molecule has 1 aromatic heterocycles. The topological polar surface area (TPSA) is 124 Å². The number of carboxylic acid groups (broad SMARTS) is 1. The second kappa shape index (κ2) is 10.0. The van der Waals surface area contributed by atoms with Crippen molar-refractivity contribution in [3.8, 4) is 5.75 Å². The first-order valence-electron chi connectivity index (χ1n) is 10.6. The van der Waals surface area contributed by atoms with Gasteiger partial charge in [0, 0.05) is 38.6 Å². The van der Waals surface area contributed by atoms with Crippen LogP contribution in [0.3, 0.4) is 0 Å². The number of hydrogen-bond acceptors (Lipinski definition) is 7. The molecule has 31 heavy (non-hydrogen) atoms. The second-order valence-corrected chi connectivity index (χ2v) is 10.6. The Labute approximate surface area is 183 Å². The molecule has 0 bridgehead atoms. The minimum Gasteiger partial charge on any atom is -0.492 e. The number of likely N-dealkylation sites (tertiary alicyclic amines) is 1. The van der Waals surface area contributed by atoms with Gasteiger partial charge in [0.1, 0.15) is 11.6 Å². The van der Waals surface area contributed by atoms with Crippen LogP contribution in [0.5, 0.6) is 5.75 Å². The fourth-order valence-corrected chi connectivity index (χ4v) is 5.69. The summed E-state index contributed by atoms with van der Waals surface area (Å²) in [6.45, 7) is 6.64. The summed E-state index contributed by atoms with van der Waals surface area (Å²) in [6.07, 6.45) is 0.399. The van der Waals surface area contributed by atoms with Crippen molar-refractivity contribution in [2.24, 2.45) is 11.8 Å². The number of anilines is 1. The van der Waals surface area contributed by atoms with Crippen molar-refractivity contribution in [2.45, 2.75) is 26.4 Å². The summed E-state index contributed by atoms with van der Waals surface area (Å²) < 4.78 is 32.1. The van der Waals surface area contributed by atoms with Crippen molar-refractivity contribution in [3.05, 3.63) is 18.3 Å². The van der Waals surface area contributed by atoms with Crippen LogP contribution in [-0.4, -0.2) is 96.6 Å². The van der Waals surface area contributed by atoms with Crippen molar-refractivity contribution < 1.29 is 28.2 Å². The summed E-state index contributed by atoms with van der Waals surface area (Å²) in [5.74, 6) is 1.48. The van der Waals surface area contributed by atoms with Crippen LogP contribution in [-0.2, 0) is 10.0 Å². The minimum absolute atomic E-state index is 0.0966. The van der Waals surface area contributed by atoms with E-state index in [1.165, 1.54) is 4.90 Å². The van der Waals surface area contributed by atoms with E-state index in [9.17, 15) is 18.3 Å². The van der Waals surface area contributed by atoms with Crippen molar-refractivity contribution in [3.63, 3.8) is 0 Å². The zero-order chi connectivity index (χ0) is 22.6. The van der Waals surface area contributed by atoms with E-state index in [1.807, 2.05) is 26.0 Å². The van der Waals surface area contributed by atoms with Gasteiger partial charge in [-0.25, -0.2) is 18.2 Å². The molecule has 1 aromatic rings. The number of ether oxygens (including phenoxy) is 1. The third-order valence-corrected chi connectivity index (χ3v) is 7.92. The molecule has 2 saturated heterocycles. The van der Waals surface area contributed by atoms with E-state index in [4.69, 9.17) is 9.84 Å². The molecule has 174 valence electrons. The van der Waals surface area contributed by atoms with Crippen LogP contribution in [0.4, 0.5) is 10.6 Å². The van der Waals surface area contributed by atoms with Gasteiger partial charge in [-0.2, -0.15) is 4.31 Å². The number of pyridine rings is 1. The highest BCUT2D eigenvalue weighted by Crippen LogP contribution is 2.22. The summed E-state index contributed by atoms with van der Waals surface area (Å²) in [5.41, 5.74) is 0. The van der Waals surface area contributed by atoms with Crippen LogP contribution in [0.15, 0.2) is 18.3 Å². The number of β-amino-alcohol motifs (C(OH)–C–C–N with tert-alkyl or cyclic N) is 1. The second-order valence-electron chi connectivity index (χ2n) is 8.57. The molecule has 2 aliphatic heterocycles. The molecule has 0 saturated carbocycles. The van der Waals surface area contributed by atoms with Crippen LogP contribution < -0.4 is 9.64 Å². The maximum atomic E-state index is 12.4. The van der Waals surface area contributed by atoms with Gasteiger partial charge in [0.2, 0.25) is 10.0 Å². The van der Waals surface area contributed by atoms with Gasteiger partial charge in [0.05, 0.1) is 31.2 Å². The molecule has 11 heteroatoms. The molecule has 0 radical (unpaired) electrons. The number of nitrogens with zero attached hydrogens (tertiary/aromatic N) is 4. The van der Waals surface area contributed by atoms with E-state index >= 15 is 0 Å². The average molecular weight is 457 g/mol. The van der Waals surface area contributed by atoms with Gasteiger partial charge in [0.15, 0.2) is 0 Å². The van der Waals surface area contributed by atoms with Gasteiger partial charge in [-0.15, -0.1) is 0 Å². The van der Waals surface area contributed by atoms with Crippen molar-refractivity contribution >= 4 is 21.9 Å². The molecular weight excluding hydrogens is 424 g/mol. The summed E-state index contributed by atoms with van der Waals surface area (Å²) in [5, 5.41) is 19.2. The standard InChI is InChI=1S/C20H32N4O6S/c1-15(2)14-31(28,29)24-9-7-22(8-10-24)19-4-3-17(11-21-19)30-13-16-5-6-23(20(26)27)12-18(16)25/h3-4,11,15-16,18,25H,5-10,12-14H2,1-2H3,(H,26,27)/t16-,18+/m0/s1. The zero-order valence-electron chi connectivity index (χ0n) is 18.1. The molecule has 0 unspecified atom stereocenters. The Morgan fingerprint density at radius 2 is 1.94 bits per heavy atom. The monoisotopic (exact) mass is 456 g/mol. The normalized spacial score (nSPS) is 23.2. The highest BCUT2D eigenvalue weighted by atomic mass is 32.2. The van der Waals surface area contributed by atoms with Gasteiger partial charge in [-0.1, -0.05) is 13.8 Å². The van der Waals surface area contributed by atoms with Crippen LogP contribution >= 0.6 is 0 Å². The fraction of sp³-hybridized carbons (Fsp3) is 0.700. The van der Waals surface area contributed by atoms with E-state index in [1.54, 1.807) is 10.5 Å². The van der Waals surface area contributed by atoms with Crippen LogP contribution in [0.2, 0.25) is 0 Å². The number of amides is 1. The Morgan fingerprint density at radius 3 is 2.48 bits per heavy atom. The summed E-state index contributed by atoms with van der Waals surface area (Å²) in [6, 6.07) is 3.65. The van der Waals surface area contributed by atoms with E-state index in [0.717, 1.165) is 5.82 Å². The number of rotatable bonds is 7. The van der Waals surface area contributed by atoms with E-state index in [0.29, 0.717) is 51.5 Å². The minimum atomic E-state index is -3.22. The van der Waals surface area contributed by atoms with Gasteiger partial charge in [-0.05, 0) is 24.5 Å². The van der Waals surface area contributed by atoms with Gasteiger partial charge < -0.3 is 24.7 Å². The molecule has 1 amide bonds. The van der Waals surface area contributed by atoms with Gasteiger partial charge >= 0.3 is 6.09 Å². The maximum Gasteiger partial charge on any atom is 0.407 e. The van der Waals surface area contributed by atoms with Crippen LogP contribution in [0.1, 0.15) is 20.3 Å². The van der Waals surface area contributed by atoms with E-state index in [-0.39, 0.29) is 24.1 Å². The quantitative estimate of drug-likeness (QED) is 0.621. The summed E-state index contributed by atoms with van der Waals surface area (Å²) in [7, 11) is -3.22. The average Bonchev–Trinajstić information content (AvgIpc) is 2.72. The molecule has 0 spiro atoms. The van der Waals surface area contributed by atoms with Crippen molar-refractivity contribution in [2.75, 3.05) is 56.5 Å². The number of carbonyl (C=O) groups is 1. The Balaban J connectivity index is 1.47. The number of sulfonamides is 1. The Bertz CT molecular complexity index is 840. The van der Waals surface area contributed by atoms with Crippen molar-refractivity contribution in [1.29, 1.82) is 0 Å². The number of piperazine rings is 1. The first-order valence-corrected chi connectivity index (χ1v) is 12.2. The smallest absolute Gasteiger partial charge is 0.407 e. The largest absolute Gasteiger partial charge is 0.492 e. The van der Waals surface area contributed by atoms with Gasteiger partial charge in [-0.3, -0.25) is 0 Å².